The van der Waals surface area contributed by atoms with Gasteiger partial charge in [0, 0.05) is 10.7 Å². The molecule has 1 unspecified atom stereocenters. The number of hydrogen-bond donors (Lipinski definition) is 2. The minimum absolute atomic E-state index is 0.353. The van der Waals surface area contributed by atoms with Crippen LogP contribution in [0.3, 0.4) is 0 Å². The minimum atomic E-state index is -1.44. The molecule has 1 aromatic rings. The molecule has 1 atom stereocenters. The van der Waals surface area contributed by atoms with Crippen LogP contribution < -0.4 is 5.73 Å². The van der Waals surface area contributed by atoms with Crippen molar-refractivity contribution in [2.45, 2.75) is 19.4 Å². The van der Waals surface area contributed by atoms with Crippen LogP contribution in [0.25, 0.3) is 0 Å². The summed E-state index contributed by atoms with van der Waals surface area (Å²) in [5.41, 5.74) is 5.45. The molecule has 0 aliphatic heterocycles. The predicted molar refractivity (Wildman–Crippen MR) is 55.8 cm³/mol. The Bertz CT molecular complexity index is 377. The van der Waals surface area contributed by atoms with Gasteiger partial charge in [-0.1, -0.05) is 0 Å². The van der Waals surface area contributed by atoms with Crippen LogP contribution in [0, 0.1) is 6.92 Å². The Labute approximate surface area is 90.3 Å². The molecule has 76 valence electrons. The Morgan fingerprint density at radius 3 is 2.71 bits per heavy atom. The van der Waals surface area contributed by atoms with E-state index in [9.17, 15) is 4.79 Å². The van der Waals surface area contributed by atoms with E-state index in [0.717, 1.165) is 10.0 Å². The highest BCUT2D eigenvalue weighted by Gasteiger charge is 2.31. The number of rotatable bonds is 2. The number of halogens is 1. The smallest absolute Gasteiger partial charge is 0.329 e. The third-order valence-electron chi connectivity index (χ3n) is 2.02. The zero-order valence-corrected chi connectivity index (χ0v) is 9.50. The van der Waals surface area contributed by atoms with Gasteiger partial charge in [0.15, 0.2) is 5.54 Å². The fourth-order valence-corrected chi connectivity index (χ4v) is 1.15. The van der Waals surface area contributed by atoms with Crippen molar-refractivity contribution in [2.24, 2.45) is 5.73 Å². The van der Waals surface area contributed by atoms with Crippen molar-refractivity contribution < 1.29 is 9.90 Å². The number of aryl methyl sites for hydroxylation is 1. The summed E-state index contributed by atoms with van der Waals surface area (Å²) in [5.74, 6) is -1.09. The predicted octanol–water partition coefficient (Wildman–Crippen LogP) is 1.41. The number of carbonyl (C=O) groups is 1. The first-order valence-corrected chi connectivity index (χ1v) is 4.80. The minimum Gasteiger partial charge on any atom is -0.480 e. The van der Waals surface area contributed by atoms with E-state index in [1.54, 1.807) is 12.3 Å². The molecular weight excluding hydrogens is 248 g/mol. The molecule has 0 amide bonds. The summed E-state index contributed by atoms with van der Waals surface area (Å²) >= 11 is 3.28. The van der Waals surface area contributed by atoms with Crippen LogP contribution in [0.15, 0.2) is 16.7 Å². The van der Waals surface area contributed by atoms with Crippen molar-refractivity contribution in [3.63, 3.8) is 0 Å². The highest BCUT2D eigenvalue weighted by molar-refractivity contribution is 9.10. The van der Waals surface area contributed by atoms with Gasteiger partial charge in [-0.2, -0.15) is 0 Å². The van der Waals surface area contributed by atoms with Crippen LogP contribution in [0.4, 0.5) is 0 Å². The molecular formula is C9H11BrN2O2. The Balaban J connectivity index is 3.21. The van der Waals surface area contributed by atoms with Gasteiger partial charge >= 0.3 is 5.97 Å². The molecule has 0 radical (unpaired) electrons. The maximum Gasteiger partial charge on any atom is 0.329 e. The summed E-state index contributed by atoms with van der Waals surface area (Å²) in [5, 5.41) is 8.88. The number of aromatic nitrogens is 1. The molecule has 3 N–H and O–H groups in total. The zero-order valence-electron chi connectivity index (χ0n) is 7.91. The van der Waals surface area contributed by atoms with Gasteiger partial charge in [0.1, 0.15) is 0 Å². The Morgan fingerprint density at radius 2 is 2.29 bits per heavy atom. The van der Waals surface area contributed by atoms with Gasteiger partial charge in [-0.3, -0.25) is 4.98 Å². The maximum absolute atomic E-state index is 10.8. The van der Waals surface area contributed by atoms with E-state index in [1.807, 2.05) is 6.92 Å². The molecule has 0 aliphatic carbocycles. The van der Waals surface area contributed by atoms with E-state index in [-0.39, 0.29) is 0 Å². The van der Waals surface area contributed by atoms with Crippen molar-refractivity contribution in [2.75, 3.05) is 0 Å². The summed E-state index contributed by atoms with van der Waals surface area (Å²) in [6.45, 7) is 3.28. The zero-order chi connectivity index (χ0) is 10.9. The quantitative estimate of drug-likeness (QED) is 0.841. The lowest BCUT2D eigenvalue weighted by Crippen LogP contribution is -2.42. The summed E-state index contributed by atoms with van der Waals surface area (Å²) in [7, 11) is 0. The number of nitrogens with zero attached hydrogens (tertiary/aromatic N) is 1. The standard InChI is InChI=1S/C9H11BrN2O2/c1-5-3-7(12-4-6(5)10)9(2,11)8(13)14/h3-4H,11H2,1-2H3,(H,13,14). The van der Waals surface area contributed by atoms with Crippen molar-refractivity contribution in [1.29, 1.82) is 0 Å². The second-order valence-corrected chi connectivity index (χ2v) is 4.18. The van der Waals surface area contributed by atoms with Crippen molar-refractivity contribution in [1.82, 2.24) is 4.98 Å². The van der Waals surface area contributed by atoms with Gasteiger partial charge in [-0.15, -0.1) is 0 Å². The van der Waals surface area contributed by atoms with E-state index in [4.69, 9.17) is 10.8 Å². The summed E-state index contributed by atoms with van der Waals surface area (Å²) in [6.07, 6.45) is 1.55. The van der Waals surface area contributed by atoms with Crippen molar-refractivity contribution >= 4 is 21.9 Å². The van der Waals surface area contributed by atoms with Gasteiger partial charge in [-0.05, 0) is 41.4 Å². The average Bonchev–Trinajstić information content (AvgIpc) is 2.09. The molecule has 1 aromatic heterocycles. The van der Waals surface area contributed by atoms with E-state index in [1.165, 1.54) is 6.92 Å². The van der Waals surface area contributed by atoms with Gasteiger partial charge < -0.3 is 10.8 Å². The topological polar surface area (TPSA) is 76.2 Å². The number of aliphatic carboxylic acids is 1. The first-order chi connectivity index (χ1) is 6.35. The lowest BCUT2D eigenvalue weighted by molar-refractivity contribution is -0.143. The van der Waals surface area contributed by atoms with Gasteiger partial charge in [-0.25, -0.2) is 4.79 Å². The fraction of sp³-hybridized carbons (Fsp3) is 0.333. The molecule has 0 aliphatic rings. The number of carboxylic acid groups (broad SMARTS) is 1. The van der Waals surface area contributed by atoms with Crippen LogP contribution in [-0.4, -0.2) is 16.1 Å². The summed E-state index contributed by atoms with van der Waals surface area (Å²) in [4.78, 5) is 14.8. The first kappa shape index (κ1) is 11.1. The second-order valence-electron chi connectivity index (χ2n) is 3.33. The molecule has 0 fully saturated rings. The number of hydrogen-bond acceptors (Lipinski definition) is 3. The Morgan fingerprint density at radius 1 is 1.71 bits per heavy atom. The van der Waals surface area contributed by atoms with Gasteiger partial charge in [0.25, 0.3) is 0 Å². The van der Waals surface area contributed by atoms with E-state index < -0.39 is 11.5 Å². The largest absolute Gasteiger partial charge is 0.480 e. The second kappa shape index (κ2) is 3.67. The maximum atomic E-state index is 10.8. The number of pyridine rings is 1. The molecule has 1 heterocycles. The molecule has 0 aromatic carbocycles. The summed E-state index contributed by atoms with van der Waals surface area (Å²) < 4.78 is 0.836. The molecule has 4 nitrogen and oxygen atoms in total. The summed E-state index contributed by atoms with van der Waals surface area (Å²) in [6, 6.07) is 1.66. The highest BCUT2D eigenvalue weighted by Crippen LogP contribution is 2.21. The fourth-order valence-electron chi connectivity index (χ4n) is 0.933. The van der Waals surface area contributed by atoms with E-state index >= 15 is 0 Å². The van der Waals surface area contributed by atoms with Crippen LogP contribution >= 0.6 is 15.9 Å². The van der Waals surface area contributed by atoms with Crippen molar-refractivity contribution in [3.8, 4) is 0 Å². The Kier molecular flexibility index (Phi) is 2.92. The molecule has 0 spiro atoms. The molecule has 0 saturated heterocycles. The highest BCUT2D eigenvalue weighted by atomic mass is 79.9. The average molecular weight is 259 g/mol. The number of carboxylic acids is 1. The monoisotopic (exact) mass is 258 g/mol. The normalized spacial score (nSPS) is 14.9. The van der Waals surface area contributed by atoms with Gasteiger partial charge in [0.05, 0.1) is 5.69 Å². The third-order valence-corrected chi connectivity index (χ3v) is 2.85. The van der Waals surface area contributed by atoms with Crippen LogP contribution in [-0.2, 0) is 10.3 Å². The lowest BCUT2D eigenvalue weighted by Gasteiger charge is -2.18. The van der Waals surface area contributed by atoms with Crippen LogP contribution in [0.1, 0.15) is 18.2 Å². The van der Waals surface area contributed by atoms with E-state index in [0.29, 0.717) is 5.69 Å². The molecule has 14 heavy (non-hydrogen) atoms. The molecule has 5 heteroatoms. The third kappa shape index (κ3) is 1.93. The molecule has 0 saturated carbocycles. The molecule has 0 bridgehead atoms. The first-order valence-electron chi connectivity index (χ1n) is 4.00. The van der Waals surface area contributed by atoms with Crippen LogP contribution in [0.2, 0.25) is 0 Å². The van der Waals surface area contributed by atoms with E-state index in [2.05, 4.69) is 20.9 Å². The molecule has 1 rings (SSSR count). The SMILES string of the molecule is Cc1cc(C(C)(N)C(=O)O)ncc1Br. The van der Waals surface area contributed by atoms with Crippen LogP contribution in [0.5, 0.6) is 0 Å². The number of nitrogens with two attached hydrogens (primary N) is 1. The van der Waals surface area contributed by atoms with Gasteiger partial charge in [0.2, 0.25) is 0 Å². The lowest BCUT2D eigenvalue weighted by atomic mass is 9.98. The Hall–Kier alpha value is -0.940. The van der Waals surface area contributed by atoms with Crippen molar-refractivity contribution in [3.05, 3.63) is 28.0 Å².